The molecule has 0 bridgehead atoms. The SMILES string of the molecule is CCc1nnsc1C(Cc1cc(F)ccc1Br)NN. The zero-order chi connectivity index (χ0) is 13.8. The van der Waals surface area contributed by atoms with E-state index < -0.39 is 0 Å². The molecule has 1 unspecified atom stereocenters. The van der Waals surface area contributed by atoms with Gasteiger partial charge in [-0.2, -0.15) is 0 Å². The second kappa shape index (κ2) is 6.51. The molecule has 1 heterocycles. The van der Waals surface area contributed by atoms with Crippen molar-refractivity contribution >= 4 is 27.5 Å². The highest BCUT2D eigenvalue weighted by Gasteiger charge is 2.19. The summed E-state index contributed by atoms with van der Waals surface area (Å²) < 4.78 is 18.1. The molecular formula is C12H14BrFN4S. The van der Waals surface area contributed by atoms with Gasteiger partial charge in [0.25, 0.3) is 0 Å². The van der Waals surface area contributed by atoms with E-state index >= 15 is 0 Å². The van der Waals surface area contributed by atoms with Crippen LogP contribution in [0.15, 0.2) is 22.7 Å². The van der Waals surface area contributed by atoms with Crippen LogP contribution in [0.3, 0.4) is 0 Å². The number of nitrogens with one attached hydrogen (secondary N) is 1. The maximum atomic E-state index is 13.3. The molecule has 1 aromatic carbocycles. The molecule has 0 radical (unpaired) electrons. The maximum Gasteiger partial charge on any atom is 0.123 e. The second-order valence-corrected chi connectivity index (χ2v) is 5.74. The van der Waals surface area contributed by atoms with Crippen LogP contribution in [0.25, 0.3) is 0 Å². The Bertz CT molecular complexity index is 560. The summed E-state index contributed by atoms with van der Waals surface area (Å²) in [7, 11) is 0. The minimum absolute atomic E-state index is 0.118. The summed E-state index contributed by atoms with van der Waals surface area (Å²) in [5.41, 5.74) is 4.55. The van der Waals surface area contributed by atoms with E-state index in [2.05, 4.69) is 30.9 Å². The molecular weight excluding hydrogens is 331 g/mol. The normalized spacial score (nSPS) is 12.6. The molecule has 2 rings (SSSR count). The first-order valence-electron chi connectivity index (χ1n) is 5.86. The number of benzene rings is 1. The Morgan fingerprint density at radius 3 is 3.00 bits per heavy atom. The predicted octanol–water partition coefficient (Wildman–Crippen LogP) is 2.75. The van der Waals surface area contributed by atoms with Gasteiger partial charge in [0.05, 0.1) is 16.6 Å². The van der Waals surface area contributed by atoms with Gasteiger partial charge in [-0.3, -0.25) is 11.3 Å². The van der Waals surface area contributed by atoms with E-state index in [-0.39, 0.29) is 11.9 Å². The van der Waals surface area contributed by atoms with Crippen molar-refractivity contribution in [3.8, 4) is 0 Å². The molecule has 0 fully saturated rings. The molecule has 0 amide bonds. The summed E-state index contributed by atoms with van der Waals surface area (Å²) in [5.74, 6) is 5.36. The predicted molar refractivity (Wildman–Crippen MR) is 77.2 cm³/mol. The third kappa shape index (κ3) is 3.36. The van der Waals surface area contributed by atoms with E-state index in [4.69, 9.17) is 5.84 Å². The lowest BCUT2D eigenvalue weighted by atomic mass is 10.0. The summed E-state index contributed by atoms with van der Waals surface area (Å²) in [4.78, 5) is 1.00. The number of nitrogens with two attached hydrogens (primary N) is 1. The van der Waals surface area contributed by atoms with E-state index in [0.717, 1.165) is 27.0 Å². The minimum atomic E-state index is -0.257. The monoisotopic (exact) mass is 344 g/mol. The Kier molecular flexibility index (Phi) is 4.98. The highest BCUT2D eigenvalue weighted by Crippen LogP contribution is 2.27. The standard InChI is InChI=1S/C12H14BrFN4S/c1-2-10-12(19-18-17-10)11(16-15)6-7-5-8(14)3-4-9(7)13/h3-5,11,16H,2,6,15H2,1H3. The minimum Gasteiger partial charge on any atom is -0.271 e. The van der Waals surface area contributed by atoms with Gasteiger partial charge < -0.3 is 0 Å². The lowest BCUT2D eigenvalue weighted by molar-refractivity contribution is 0.550. The molecule has 0 aliphatic rings. The number of halogens is 2. The van der Waals surface area contributed by atoms with Gasteiger partial charge >= 0.3 is 0 Å². The van der Waals surface area contributed by atoms with E-state index in [9.17, 15) is 4.39 Å². The van der Waals surface area contributed by atoms with Crippen molar-refractivity contribution in [1.29, 1.82) is 0 Å². The quantitative estimate of drug-likeness (QED) is 0.646. The Hall–Kier alpha value is -0.890. The summed E-state index contributed by atoms with van der Waals surface area (Å²) in [5, 5.41) is 4.07. The Labute approximate surface area is 123 Å². The van der Waals surface area contributed by atoms with Crippen molar-refractivity contribution in [1.82, 2.24) is 15.0 Å². The maximum absolute atomic E-state index is 13.3. The van der Waals surface area contributed by atoms with Gasteiger partial charge in [-0.25, -0.2) is 4.39 Å². The smallest absolute Gasteiger partial charge is 0.123 e. The fourth-order valence-corrected chi connectivity index (χ4v) is 3.08. The number of hydrogen-bond acceptors (Lipinski definition) is 5. The van der Waals surface area contributed by atoms with Gasteiger partial charge in [0.1, 0.15) is 5.82 Å². The molecule has 1 aromatic heterocycles. The van der Waals surface area contributed by atoms with Crippen LogP contribution in [0.5, 0.6) is 0 Å². The number of nitrogens with zero attached hydrogens (tertiary/aromatic N) is 2. The van der Waals surface area contributed by atoms with Crippen molar-refractivity contribution < 1.29 is 4.39 Å². The van der Waals surface area contributed by atoms with Crippen molar-refractivity contribution in [2.45, 2.75) is 25.8 Å². The zero-order valence-electron chi connectivity index (χ0n) is 10.4. The molecule has 0 saturated carbocycles. The van der Waals surface area contributed by atoms with Crippen LogP contribution in [-0.4, -0.2) is 9.59 Å². The number of aromatic nitrogens is 2. The molecule has 7 heteroatoms. The highest BCUT2D eigenvalue weighted by molar-refractivity contribution is 9.10. The molecule has 0 spiro atoms. The Balaban J connectivity index is 2.26. The number of rotatable bonds is 5. The molecule has 4 nitrogen and oxygen atoms in total. The first-order valence-corrected chi connectivity index (χ1v) is 7.43. The molecule has 1 atom stereocenters. The Morgan fingerprint density at radius 1 is 1.53 bits per heavy atom. The van der Waals surface area contributed by atoms with Gasteiger partial charge in [-0.15, -0.1) is 5.10 Å². The summed E-state index contributed by atoms with van der Waals surface area (Å²) in [6.07, 6.45) is 1.38. The number of hydrogen-bond donors (Lipinski definition) is 2. The van der Waals surface area contributed by atoms with Crippen LogP contribution in [0.2, 0.25) is 0 Å². The summed E-state index contributed by atoms with van der Waals surface area (Å²) in [6.45, 7) is 2.02. The van der Waals surface area contributed by atoms with Crippen LogP contribution in [0, 0.1) is 5.82 Å². The average molecular weight is 345 g/mol. The van der Waals surface area contributed by atoms with E-state index in [0.29, 0.717) is 6.42 Å². The van der Waals surface area contributed by atoms with Gasteiger partial charge in [-0.05, 0) is 48.1 Å². The van der Waals surface area contributed by atoms with Crippen molar-refractivity contribution in [2.24, 2.45) is 5.84 Å². The first kappa shape index (κ1) is 14.5. The van der Waals surface area contributed by atoms with Crippen LogP contribution < -0.4 is 11.3 Å². The van der Waals surface area contributed by atoms with Gasteiger partial charge in [-0.1, -0.05) is 27.3 Å². The Morgan fingerprint density at radius 2 is 2.32 bits per heavy atom. The van der Waals surface area contributed by atoms with E-state index in [1.54, 1.807) is 6.07 Å². The van der Waals surface area contributed by atoms with Crippen LogP contribution >= 0.6 is 27.5 Å². The van der Waals surface area contributed by atoms with Crippen molar-refractivity contribution in [3.63, 3.8) is 0 Å². The number of hydrazine groups is 1. The fraction of sp³-hybridized carbons (Fsp3) is 0.333. The molecule has 3 N–H and O–H groups in total. The number of aryl methyl sites for hydroxylation is 1. The summed E-state index contributed by atoms with van der Waals surface area (Å²) in [6, 6.07) is 4.51. The zero-order valence-corrected chi connectivity index (χ0v) is 12.8. The third-order valence-corrected chi connectivity index (χ3v) is 4.52. The van der Waals surface area contributed by atoms with Gasteiger partial charge in [0.2, 0.25) is 0 Å². The lowest BCUT2D eigenvalue weighted by Gasteiger charge is -2.15. The van der Waals surface area contributed by atoms with Crippen LogP contribution in [0.1, 0.15) is 29.1 Å². The summed E-state index contributed by atoms with van der Waals surface area (Å²) >= 11 is 4.75. The van der Waals surface area contributed by atoms with Crippen molar-refractivity contribution in [3.05, 3.63) is 44.6 Å². The molecule has 0 saturated heterocycles. The lowest BCUT2D eigenvalue weighted by Crippen LogP contribution is -2.29. The first-order chi connectivity index (χ1) is 9.15. The van der Waals surface area contributed by atoms with Crippen LogP contribution in [-0.2, 0) is 12.8 Å². The molecule has 0 aliphatic heterocycles. The highest BCUT2D eigenvalue weighted by atomic mass is 79.9. The molecule has 2 aromatic rings. The van der Waals surface area contributed by atoms with E-state index in [1.165, 1.54) is 23.7 Å². The fourth-order valence-electron chi connectivity index (χ4n) is 1.87. The van der Waals surface area contributed by atoms with Crippen molar-refractivity contribution in [2.75, 3.05) is 0 Å². The molecule has 19 heavy (non-hydrogen) atoms. The molecule has 102 valence electrons. The van der Waals surface area contributed by atoms with Gasteiger partial charge in [0, 0.05) is 4.47 Å². The average Bonchev–Trinajstić information content (AvgIpc) is 2.88. The topological polar surface area (TPSA) is 63.8 Å². The van der Waals surface area contributed by atoms with Gasteiger partial charge in [0.15, 0.2) is 0 Å². The second-order valence-electron chi connectivity index (χ2n) is 4.10. The largest absolute Gasteiger partial charge is 0.271 e. The molecule has 0 aliphatic carbocycles. The van der Waals surface area contributed by atoms with E-state index in [1.807, 2.05) is 6.92 Å². The third-order valence-electron chi connectivity index (χ3n) is 2.87. The van der Waals surface area contributed by atoms with Crippen LogP contribution in [0.4, 0.5) is 4.39 Å².